The van der Waals surface area contributed by atoms with Gasteiger partial charge < -0.3 is 14.6 Å². The van der Waals surface area contributed by atoms with Crippen molar-refractivity contribution in [1.82, 2.24) is 0 Å². The van der Waals surface area contributed by atoms with Crippen LogP contribution in [0.3, 0.4) is 0 Å². The van der Waals surface area contributed by atoms with Crippen LogP contribution in [0.4, 0.5) is 0 Å². The Morgan fingerprint density at radius 3 is 2.20 bits per heavy atom. The van der Waals surface area contributed by atoms with Crippen molar-refractivity contribution in [2.45, 2.75) is 40.0 Å². The van der Waals surface area contributed by atoms with Crippen LogP contribution in [0.5, 0.6) is 11.5 Å². The Bertz CT molecular complexity index is 426. The van der Waals surface area contributed by atoms with Crippen molar-refractivity contribution in [1.29, 1.82) is 0 Å². The molecule has 0 unspecified atom stereocenters. The normalized spacial score (nSPS) is 11.2. The summed E-state index contributed by atoms with van der Waals surface area (Å²) in [6, 6.07) is 7.56. The molecule has 1 N–H and O–H groups in total. The molecule has 0 fully saturated rings. The van der Waals surface area contributed by atoms with Crippen molar-refractivity contribution in [3.8, 4) is 11.5 Å². The molecule has 0 atom stereocenters. The van der Waals surface area contributed by atoms with Crippen LogP contribution in [-0.2, 0) is 4.79 Å². The van der Waals surface area contributed by atoms with Crippen LogP contribution in [0, 0.1) is 5.41 Å². The van der Waals surface area contributed by atoms with Gasteiger partial charge in [-0.2, -0.15) is 0 Å². The van der Waals surface area contributed by atoms with Gasteiger partial charge in [0.1, 0.15) is 0 Å². The highest BCUT2D eigenvalue weighted by atomic mass is 16.5. The number of ether oxygens (including phenoxy) is 2. The molecule has 0 saturated carbocycles. The van der Waals surface area contributed by atoms with Gasteiger partial charge in [-0.1, -0.05) is 19.1 Å². The van der Waals surface area contributed by atoms with Gasteiger partial charge in [0.15, 0.2) is 11.5 Å². The molecule has 4 nitrogen and oxygen atoms in total. The van der Waals surface area contributed by atoms with E-state index >= 15 is 0 Å². The van der Waals surface area contributed by atoms with E-state index in [1.807, 2.05) is 24.3 Å². The van der Waals surface area contributed by atoms with Gasteiger partial charge in [0.2, 0.25) is 0 Å². The number of para-hydroxylation sites is 2. The van der Waals surface area contributed by atoms with E-state index in [4.69, 9.17) is 14.6 Å². The zero-order chi connectivity index (χ0) is 15.0. The number of carboxylic acids is 1. The summed E-state index contributed by atoms with van der Waals surface area (Å²) in [5.41, 5.74) is -0.707. The maximum absolute atomic E-state index is 11.0. The summed E-state index contributed by atoms with van der Waals surface area (Å²) in [7, 11) is 0. The van der Waals surface area contributed by atoms with Gasteiger partial charge >= 0.3 is 5.97 Å². The molecule has 1 aromatic rings. The van der Waals surface area contributed by atoms with Gasteiger partial charge in [0, 0.05) is 0 Å². The lowest BCUT2D eigenvalue weighted by molar-refractivity contribution is -0.147. The molecular weight excluding hydrogens is 256 g/mol. The quantitative estimate of drug-likeness (QED) is 0.700. The molecular formula is C16H24O4. The second-order valence-electron chi connectivity index (χ2n) is 5.44. The Morgan fingerprint density at radius 2 is 1.70 bits per heavy atom. The number of aliphatic carboxylic acids is 1. The molecule has 0 spiro atoms. The summed E-state index contributed by atoms with van der Waals surface area (Å²) in [5, 5.41) is 9.04. The molecule has 0 aliphatic heterocycles. The minimum atomic E-state index is -0.774. The maximum atomic E-state index is 11.0. The van der Waals surface area contributed by atoms with E-state index in [-0.39, 0.29) is 0 Å². The Labute approximate surface area is 120 Å². The highest BCUT2D eigenvalue weighted by molar-refractivity contribution is 5.73. The van der Waals surface area contributed by atoms with Gasteiger partial charge in [-0.15, -0.1) is 0 Å². The predicted molar refractivity (Wildman–Crippen MR) is 78.4 cm³/mol. The number of rotatable bonds is 9. The molecule has 0 saturated heterocycles. The van der Waals surface area contributed by atoms with Crippen LogP contribution >= 0.6 is 0 Å². The summed E-state index contributed by atoms with van der Waals surface area (Å²) in [4.78, 5) is 11.0. The van der Waals surface area contributed by atoms with Crippen molar-refractivity contribution < 1.29 is 19.4 Å². The second-order valence-corrected chi connectivity index (χ2v) is 5.44. The van der Waals surface area contributed by atoms with E-state index in [0.717, 1.165) is 12.2 Å². The number of hydrogen-bond acceptors (Lipinski definition) is 3. The lowest BCUT2D eigenvalue weighted by Crippen LogP contribution is -2.24. The van der Waals surface area contributed by atoms with Crippen molar-refractivity contribution >= 4 is 5.97 Å². The molecule has 0 aliphatic rings. The maximum Gasteiger partial charge on any atom is 0.309 e. The van der Waals surface area contributed by atoms with Gasteiger partial charge in [-0.25, -0.2) is 0 Å². The summed E-state index contributed by atoms with van der Waals surface area (Å²) >= 11 is 0. The Hall–Kier alpha value is -1.71. The molecule has 20 heavy (non-hydrogen) atoms. The van der Waals surface area contributed by atoms with Gasteiger partial charge in [0.05, 0.1) is 18.6 Å². The van der Waals surface area contributed by atoms with Crippen molar-refractivity contribution in [2.75, 3.05) is 13.2 Å². The van der Waals surface area contributed by atoms with Gasteiger partial charge in [-0.3, -0.25) is 4.79 Å². The van der Waals surface area contributed by atoms with E-state index in [2.05, 4.69) is 6.92 Å². The first-order valence-corrected chi connectivity index (χ1v) is 7.05. The van der Waals surface area contributed by atoms with Crippen molar-refractivity contribution in [3.05, 3.63) is 24.3 Å². The fourth-order valence-electron chi connectivity index (χ4n) is 1.70. The molecule has 0 amide bonds. The summed E-state index contributed by atoms with van der Waals surface area (Å²) in [6.07, 6.45) is 2.23. The molecule has 0 aromatic heterocycles. The third-order valence-corrected chi connectivity index (χ3v) is 3.09. The van der Waals surface area contributed by atoms with Crippen LogP contribution in [0.25, 0.3) is 0 Å². The standard InChI is InChI=1S/C16H24O4/c1-4-11-19-13-8-5-6-9-14(13)20-12-7-10-16(2,3)15(17)18/h5-6,8-9H,4,7,10-12H2,1-3H3,(H,17,18). The summed E-state index contributed by atoms with van der Waals surface area (Å²) in [5.74, 6) is 0.685. The monoisotopic (exact) mass is 280 g/mol. The SMILES string of the molecule is CCCOc1ccccc1OCCCC(C)(C)C(=O)O. The van der Waals surface area contributed by atoms with E-state index < -0.39 is 11.4 Å². The Morgan fingerprint density at radius 1 is 1.15 bits per heavy atom. The number of carboxylic acid groups (broad SMARTS) is 1. The van der Waals surface area contributed by atoms with Crippen LogP contribution in [0.15, 0.2) is 24.3 Å². The predicted octanol–water partition coefficient (Wildman–Crippen LogP) is 3.75. The van der Waals surface area contributed by atoms with E-state index in [1.165, 1.54) is 0 Å². The smallest absolute Gasteiger partial charge is 0.309 e. The average molecular weight is 280 g/mol. The largest absolute Gasteiger partial charge is 0.490 e. The molecule has 0 bridgehead atoms. The minimum Gasteiger partial charge on any atom is -0.490 e. The van der Waals surface area contributed by atoms with Crippen LogP contribution < -0.4 is 9.47 Å². The molecule has 4 heteroatoms. The summed E-state index contributed by atoms with van der Waals surface area (Å²) in [6.45, 7) is 6.66. The van der Waals surface area contributed by atoms with Crippen molar-refractivity contribution in [3.63, 3.8) is 0 Å². The highest BCUT2D eigenvalue weighted by Gasteiger charge is 2.26. The van der Waals surface area contributed by atoms with E-state index in [0.29, 0.717) is 31.8 Å². The first-order chi connectivity index (χ1) is 9.47. The zero-order valence-electron chi connectivity index (χ0n) is 12.5. The molecule has 0 aliphatic carbocycles. The Kier molecular flexibility index (Phi) is 6.36. The third kappa shape index (κ3) is 5.11. The van der Waals surface area contributed by atoms with Crippen LogP contribution in [-0.4, -0.2) is 24.3 Å². The highest BCUT2D eigenvalue weighted by Crippen LogP contribution is 2.27. The van der Waals surface area contributed by atoms with E-state index in [9.17, 15) is 4.79 Å². The topological polar surface area (TPSA) is 55.8 Å². The van der Waals surface area contributed by atoms with E-state index in [1.54, 1.807) is 13.8 Å². The molecule has 0 radical (unpaired) electrons. The number of carbonyl (C=O) groups is 1. The summed E-state index contributed by atoms with van der Waals surface area (Å²) < 4.78 is 11.3. The second kappa shape index (κ2) is 7.78. The number of hydrogen-bond donors (Lipinski definition) is 1. The third-order valence-electron chi connectivity index (χ3n) is 3.09. The van der Waals surface area contributed by atoms with Gasteiger partial charge in [0.25, 0.3) is 0 Å². The molecule has 1 aromatic carbocycles. The zero-order valence-corrected chi connectivity index (χ0v) is 12.5. The van der Waals surface area contributed by atoms with Crippen molar-refractivity contribution in [2.24, 2.45) is 5.41 Å². The van der Waals surface area contributed by atoms with Gasteiger partial charge in [-0.05, 0) is 45.2 Å². The number of benzene rings is 1. The fraction of sp³-hybridized carbons (Fsp3) is 0.562. The minimum absolute atomic E-state index is 0.489. The lowest BCUT2D eigenvalue weighted by atomic mass is 9.88. The first kappa shape index (κ1) is 16.3. The molecule has 1 rings (SSSR count). The molecule has 0 heterocycles. The molecule has 112 valence electrons. The van der Waals surface area contributed by atoms with Crippen LogP contribution in [0.1, 0.15) is 40.0 Å². The lowest BCUT2D eigenvalue weighted by Gasteiger charge is -2.19. The average Bonchev–Trinajstić information content (AvgIpc) is 2.42. The fourth-order valence-corrected chi connectivity index (χ4v) is 1.70. The first-order valence-electron chi connectivity index (χ1n) is 7.05. The van der Waals surface area contributed by atoms with Crippen LogP contribution in [0.2, 0.25) is 0 Å². The Balaban J connectivity index is 2.44.